The summed E-state index contributed by atoms with van der Waals surface area (Å²) in [5, 5.41) is 20.6. The number of hydrogen-bond acceptors (Lipinski definition) is 8. The first kappa shape index (κ1) is 18.1. The van der Waals surface area contributed by atoms with E-state index in [1.807, 2.05) is 11.4 Å². The molecule has 8 nitrogen and oxygen atoms in total. The van der Waals surface area contributed by atoms with Crippen molar-refractivity contribution in [2.45, 2.75) is 6.42 Å². The molecule has 0 spiro atoms. The van der Waals surface area contributed by atoms with E-state index in [1.54, 1.807) is 36.0 Å². The van der Waals surface area contributed by atoms with Crippen molar-refractivity contribution in [2.24, 2.45) is 0 Å². The number of carbonyl (C=O) groups excluding carboxylic acids is 1. The number of phenolic OH excluding ortho intramolecular Hbond substituents is 1. The fraction of sp³-hybridized carbons (Fsp3) is 0.111. The van der Waals surface area contributed by atoms with Gasteiger partial charge in [-0.2, -0.15) is 0 Å². The number of fused-ring (bicyclic) bond motifs is 1. The molecular formula is C18H16N6O2S2. The molecule has 0 radical (unpaired) electrons. The van der Waals surface area contributed by atoms with Crippen LogP contribution in [-0.4, -0.2) is 32.6 Å². The number of rotatable bonds is 6. The Labute approximate surface area is 168 Å². The molecule has 0 bridgehead atoms. The van der Waals surface area contributed by atoms with Gasteiger partial charge in [0, 0.05) is 35.8 Å². The van der Waals surface area contributed by atoms with Crippen LogP contribution in [0.15, 0.2) is 48.2 Å². The van der Waals surface area contributed by atoms with E-state index in [1.165, 1.54) is 23.5 Å². The molecule has 3 heterocycles. The van der Waals surface area contributed by atoms with Crippen LogP contribution in [0.2, 0.25) is 0 Å². The van der Waals surface area contributed by atoms with Crippen LogP contribution in [-0.2, 0) is 6.42 Å². The Hall–Kier alpha value is -3.24. The Kier molecular flexibility index (Phi) is 5.31. The van der Waals surface area contributed by atoms with Crippen LogP contribution in [0, 0.1) is 0 Å². The lowest BCUT2D eigenvalue weighted by atomic mass is 10.3. The quantitative estimate of drug-likeness (QED) is 0.378. The van der Waals surface area contributed by atoms with E-state index in [9.17, 15) is 9.90 Å². The number of amides is 2. The zero-order chi connectivity index (χ0) is 19.3. The smallest absolute Gasteiger partial charge is 0.325 e. The third-order valence-corrected chi connectivity index (χ3v) is 5.67. The molecule has 3 aromatic heterocycles. The topological polar surface area (TPSA) is 112 Å². The number of benzene rings is 1. The molecule has 4 rings (SSSR count). The number of urea groups is 1. The molecule has 0 aliphatic carbocycles. The van der Waals surface area contributed by atoms with Crippen LogP contribution in [0.25, 0.3) is 10.2 Å². The van der Waals surface area contributed by atoms with Crippen LogP contribution in [0.5, 0.6) is 5.75 Å². The minimum atomic E-state index is -0.411. The molecule has 0 aliphatic heterocycles. The Morgan fingerprint density at radius 3 is 2.96 bits per heavy atom. The Morgan fingerprint density at radius 1 is 1.14 bits per heavy atom. The lowest BCUT2D eigenvalue weighted by Gasteiger charge is -2.05. The zero-order valence-electron chi connectivity index (χ0n) is 14.5. The molecule has 4 aromatic rings. The van der Waals surface area contributed by atoms with Gasteiger partial charge in [-0.25, -0.2) is 19.7 Å². The largest absolute Gasteiger partial charge is 0.508 e. The van der Waals surface area contributed by atoms with Crippen molar-refractivity contribution in [1.29, 1.82) is 0 Å². The second kappa shape index (κ2) is 8.19. The van der Waals surface area contributed by atoms with Gasteiger partial charge in [-0.3, -0.25) is 5.32 Å². The molecule has 0 unspecified atom stereocenters. The van der Waals surface area contributed by atoms with Gasteiger partial charge in [0.2, 0.25) is 0 Å². The van der Waals surface area contributed by atoms with Gasteiger partial charge in [0.05, 0.1) is 10.2 Å². The van der Waals surface area contributed by atoms with Crippen LogP contribution < -0.4 is 16.0 Å². The Morgan fingerprint density at radius 2 is 2.07 bits per heavy atom. The fourth-order valence-corrected chi connectivity index (χ4v) is 4.16. The summed E-state index contributed by atoms with van der Waals surface area (Å²) in [6.45, 7) is 0.696. The molecular weight excluding hydrogens is 396 g/mol. The van der Waals surface area contributed by atoms with Gasteiger partial charge in [0.1, 0.15) is 17.9 Å². The molecule has 0 aliphatic rings. The third kappa shape index (κ3) is 4.35. The SMILES string of the molecule is O=C(Nc1cccc(O)c1)Nc1ncc(CCNc2ncnc3ccsc23)s1. The standard InChI is InChI=1S/C18H16N6O2S2/c25-12-3-1-2-11(8-12)23-17(26)24-18-20-9-13(28-18)4-6-19-16-15-14(5-7-27-15)21-10-22-16/h1-3,5,7-10,25H,4,6H2,(H,19,21,22)(H2,20,23,24,26). The number of aromatic hydroxyl groups is 1. The molecule has 0 saturated heterocycles. The molecule has 0 atom stereocenters. The predicted molar refractivity (Wildman–Crippen MR) is 112 cm³/mol. The van der Waals surface area contributed by atoms with Gasteiger partial charge < -0.3 is 15.7 Å². The van der Waals surface area contributed by atoms with Crippen molar-refractivity contribution < 1.29 is 9.90 Å². The third-order valence-electron chi connectivity index (χ3n) is 3.79. The predicted octanol–water partition coefficient (Wildman–Crippen LogP) is 4.15. The molecule has 10 heteroatoms. The maximum Gasteiger partial charge on any atom is 0.325 e. The fourth-order valence-electron chi connectivity index (χ4n) is 2.54. The number of thiophene rings is 1. The highest BCUT2D eigenvalue weighted by atomic mass is 32.1. The van der Waals surface area contributed by atoms with Gasteiger partial charge >= 0.3 is 6.03 Å². The first-order chi connectivity index (χ1) is 13.7. The summed E-state index contributed by atoms with van der Waals surface area (Å²) in [6, 6.07) is 7.91. The summed E-state index contributed by atoms with van der Waals surface area (Å²) >= 11 is 3.02. The zero-order valence-corrected chi connectivity index (χ0v) is 16.2. The highest BCUT2D eigenvalue weighted by Gasteiger charge is 2.08. The summed E-state index contributed by atoms with van der Waals surface area (Å²) in [4.78, 5) is 25.8. The lowest BCUT2D eigenvalue weighted by Crippen LogP contribution is -2.19. The van der Waals surface area contributed by atoms with Gasteiger partial charge in [0.25, 0.3) is 0 Å². The van der Waals surface area contributed by atoms with E-state index in [4.69, 9.17) is 0 Å². The summed E-state index contributed by atoms with van der Waals surface area (Å²) in [5.74, 6) is 0.915. The first-order valence-electron chi connectivity index (χ1n) is 8.41. The van der Waals surface area contributed by atoms with Gasteiger partial charge in [-0.05, 0) is 23.6 Å². The number of nitrogens with one attached hydrogen (secondary N) is 3. The van der Waals surface area contributed by atoms with Crippen molar-refractivity contribution in [3.05, 3.63) is 53.1 Å². The summed E-state index contributed by atoms with van der Waals surface area (Å²) in [7, 11) is 0. The van der Waals surface area contributed by atoms with Crippen LogP contribution in [0.4, 0.5) is 21.4 Å². The molecule has 2 amide bonds. The van der Waals surface area contributed by atoms with Gasteiger partial charge in [-0.15, -0.1) is 22.7 Å². The van der Waals surface area contributed by atoms with Gasteiger partial charge in [0.15, 0.2) is 5.13 Å². The van der Waals surface area contributed by atoms with Crippen molar-refractivity contribution in [1.82, 2.24) is 15.0 Å². The number of nitrogens with zero attached hydrogens (tertiary/aromatic N) is 3. The monoisotopic (exact) mass is 412 g/mol. The number of phenols is 1. The van der Waals surface area contributed by atoms with E-state index in [0.29, 0.717) is 17.4 Å². The lowest BCUT2D eigenvalue weighted by molar-refractivity contribution is 0.262. The molecule has 1 aromatic carbocycles. The van der Waals surface area contributed by atoms with Crippen LogP contribution in [0.3, 0.4) is 0 Å². The minimum absolute atomic E-state index is 0.0883. The molecule has 0 saturated carbocycles. The van der Waals surface area contributed by atoms with E-state index in [-0.39, 0.29) is 5.75 Å². The Balaban J connectivity index is 1.29. The second-order valence-electron chi connectivity index (χ2n) is 5.80. The molecule has 4 N–H and O–H groups in total. The van der Waals surface area contributed by atoms with E-state index >= 15 is 0 Å². The molecule has 28 heavy (non-hydrogen) atoms. The average molecular weight is 413 g/mol. The minimum Gasteiger partial charge on any atom is -0.508 e. The van der Waals surface area contributed by atoms with Crippen molar-refractivity contribution in [3.8, 4) is 5.75 Å². The Bertz CT molecular complexity index is 1110. The molecule has 0 fully saturated rings. The van der Waals surface area contributed by atoms with Crippen molar-refractivity contribution in [3.63, 3.8) is 0 Å². The maximum atomic E-state index is 12.0. The van der Waals surface area contributed by atoms with E-state index in [2.05, 4.69) is 30.9 Å². The first-order valence-corrected chi connectivity index (χ1v) is 10.1. The van der Waals surface area contributed by atoms with Crippen molar-refractivity contribution >= 4 is 55.6 Å². The van der Waals surface area contributed by atoms with E-state index < -0.39 is 6.03 Å². The number of carbonyl (C=O) groups is 1. The number of hydrogen-bond donors (Lipinski definition) is 4. The average Bonchev–Trinajstić information content (AvgIpc) is 3.31. The van der Waals surface area contributed by atoms with E-state index in [0.717, 1.165) is 27.3 Å². The summed E-state index contributed by atoms with van der Waals surface area (Å²) in [5.41, 5.74) is 1.44. The molecule has 142 valence electrons. The summed E-state index contributed by atoms with van der Waals surface area (Å²) < 4.78 is 1.04. The van der Waals surface area contributed by atoms with Crippen LogP contribution in [0.1, 0.15) is 4.88 Å². The van der Waals surface area contributed by atoms with Gasteiger partial charge in [-0.1, -0.05) is 6.07 Å². The highest BCUT2D eigenvalue weighted by molar-refractivity contribution is 7.17. The van der Waals surface area contributed by atoms with Crippen LogP contribution >= 0.6 is 22.7 Å². The number of thiazole rings is 1. The number of anilines is 3. The van der Waals surface area contributed by atoms with Crippen molar-refractivity contribution in [2.75, 3.05) is 22.5 Å². The second-order valence-corrected chi connectivity index (χ2v) is 7.83. The normalized spacial score (nSPS) is 10.7. The highest BCUT2D eigenvalue weighted by Crippen LogP contribution is 2.25. The summed E-state index contributed by atoms with van der Waals surface area (Å²) in [6.07, 6.45) is 4.05. The maximum absolute atomic E-state index is 12.0. The number of aromatic nitrogens is 3.